The number of hydrogen-bond donors (Lipinski definition) is 1. The van der Waals surface area contributed by atoms with Crippen molar-refractivity contribution in [2.24, 2.45) is 5.40 Å². The standard InChI is InChI=1S/C9H8.C6H7NSi/c1-2-5-9-7-3-6-8(9)4-1;7-8-6-4-2-1-3-5-6/h1-6H,7H2;1-5H,7H2. The summed E-state index contributed by atoms with van der Waals surface area (Å²) in [5.74, 6) is 0. The minimum absolute atomic E-state index is 0.430. The van der Waals surface area contributed by atoms with Crippen molar-refractivity contribution in [1.82, 2.24) is 0 Å². The predicted molar refractivity (Wildman–Crippen MR) is 75.2 cm³/mol. The maximum Gasteiger partial charge on any atom is 0.176 e. The molecule has 2 aromatic carbocycles. The van der Waals surface area contributed by atoms with E-state index in [4.69, 9.17) is 5.40 Å². The van der Waals surface area contributed by atoms with Crippen LogP contribution in [-0.2, 0) is 6.42 Å². The maximum absolute atomic E-state index is 5.38. The van der Waals surface area contributed by atoms with E-state index in [2.05, 4.69) is 36.4 Å². The van der Waals surface area contributed by atoms with Gasteiger partial charge in [-0.3, -0.25) is 0 Å². The number of fused-ring (bicyclic) bond motifs is 1. The van der Waals surface area contributed by atoms with Gasteiger partial charge in [0.2, 0.25) is 0 Å². The molecule has 0 spiro atoms. The molecule has 0 fully saturated rings. The SMILES string of the molecule is C1=Cc2ccccc2C1.N[Si]c1ccccc1. The second-order valence-corrected chi connectivity index (χ2v) is 4.68. The van der Waals surface area contributed by atoms with Crippen molar-refractivity contribution in [3.05, 3.63) is 71.8 Å². The van der Waals surface area contributed by atoms with Gasteiger partial charge in [0.15, 0.2) is 9.68 Å². The van der Waals surface area contributed by atoms with Crippen LogP contribution in [-0.4, -0.2) is 9.68 Å². The number of benzene rings is 2. The van der Waals surface area contributed by atoms with E-state index in [1.54, 1.807) is 0 Å². The zero-order valence-electron chi connectivity index (χ0n) is 9.64. The second kappa shape index (κ2) is 6.18. The van der Waals surface area contributed by atoms with Gasteiger partial charge in [0.25, 0.3) is 0 Å². The molecular weight excluding hydrogens is 222 g/mol. The summed E-state index contributed by atoms with van der Waals surface area (Å²) in [6.45, 7) is 0. The number of allylic oxidation sites excluding steroid dienone is 1. The van der Waals surface area contributed by atoms with E-state index in [1.807, 2.05) is 30.3 Å². The first kappa shape index (κ1) is 11.8. The lowest BCUT2D eigenvalue weighted by Crippen LogP contribution is -2.21. The van der Waals surface area contributed by atoms with Crippen LogP contribution in [0.3, 0.4) is 0 Å². The molecule has 0 aromatic heterocycles. The molecule has 0 atom stereocenters. The lowest BCUT2D eigenvalue weighted by molar-refractivity contribution is 1.31. The first-order valence-corrected chi connectivity index (χ1v) is 6.74. The molecule has 17 heavy (non-hydrogen) atoms. The first-order chi connectivity index (χ1) is 8.40. The Kier molecular flexibility index (Phi) is 4.30. The Morgan fingerprint density at radius 2 is 1.59 bits per heavy atom. The van der Waals surface area contributed by atoms with Crippen molar-refractivity contribution in [3.63, 3.8) is 0 Å². The Morgan fingerprint density at radius 3 is 2.24 bits per heavy atom. The highest BCUT2D eigenvalue weighted by Gasteiger charge is 2.00. The Labute approximate surface area is 105 Å². The Balaban J connectivity index is 0.000000128. The molecule has 0 amide bonds. The smallest absolute Gasteiger partial charge is 0.176 e. The van der Waals surface area contributed by atoms with E-state index in [1.165, 1.54) is 16.3 Å². The average Bonchev–Trinajstić information content (AvgIpc) is 2.89. The van der Waals surface area contributed by atoms with Gasteiger partial charge in [0.05, 0.1) is 0 Å². The van der Waals surface area contributed by atoms with Gasteiger partial charge in [-0.1, -0.05) is 66.7 Å². The van der Waals surface area contributed by atoms with Crippen LogP contribution in [0.15, 0.2) is 60.7 Å². The van der Waals surface area contributed by atoms with Crippen molar-refractivity contribution >= 4 is 20.9 Å². The van der Waals surface area contributed by atoms with E-state index in [-0.39, 0.29) is 0 Å². The van der Waals surface area contributed by atoms with Crippen LogP contribution in [0.2, 0.25) is 0 Å². The van der Waals surface area contributed by atoms with Gasteiger partial charge < -0.3 is 5.40 Å². The number of rotatable bonds is 1. The van der Waals surface area contributed by atoms with Gasteiger partial charge in [-0.15, -0.1) is 0 Å². The van der Waals surface area contributed by atoms with Crippen molar-refractivity contribution in [2.45, 2.75) is 6.42 Å². The molecule has 0 heterocycles. The molecule has 1 nitrogen and oxygen atoms in total. The van der Waals surface area contributed by atoms with Crippen LogP contribution in [0, 0.1) is 0 Å². The molecule has 84 valence electrons. The molecule has 3 rings (SSSR count). The van der Waals surface area contributed by atoms with Gasteiger partial charge in [-0.25, -0.2) is 0 Å². The average molecular weight is 237 g/mol. The summed E-state index contributed by atoms with van der Waals surface area (Å²) in [5, 5.41) is 6.59. The molecule has 0 unspecified atom stereocenters. The first-order valence-electron chi connectivity index (χ1n) is 5.66. The Bertz CT molecular complexity index is 491. The third-order valence-electron chi connectivity index (χ3n) is 2.63. The summed E-state index contributed by atoms with van der Waals surface area (Å²) in [6.07, 6.45) is 5.50. The molecule has 2 heteroatoms. The largest absolute Gasteiger partial charge is 0.349 e. The monoisotopic (exact) mass is 237 g/mol. The van der Waals surface area contributed by atoms with Gasteiger partial charge >= 0.3 is 0 Å². The van der Waals surface area contributed by atoms with Crippen LogP contribution >= 0.6 is 0 Å². The summed E-state index contributed by atoms with van der Waals surface area (Å²) in [5.41, 5.74) is 2.84. The minimum Gasteiger partial charge on any atom is -0.349 e. The quantitative estimate of drug-likeness (QED) is 0.756. The minimum atomic E-state index is 0.430. The third-order valence-corrected chi connectivity index (χ3v) is 3.30. The normalized spacial score (nSPS) is 11.6. The zero-order chi connectivity index (χ0) is 11.9. The molecule has 2 radical (unpaired) electrons. The van der Waals surface area contributed by atoms with Crippen LogP contribution < -0.4 is 10.6 Å². The highest BCUT2D eigenvalue weighted by molar-refractivity contribution is 6.49. The van der Waals surface area contributed by atoms with Crippen LogP contribution in [0.4, 0.5) is 0 Å². The molecule has 2 aromatic rings. The molecule has 1 aliphatic carbocycles. The van der Waals surface area contributed by atoms with E-state index < -0.39 is 0 Å². The van der Waals surface area contributed by atoms with E-state index in [0.29, 0.717) is 9.68 Å². The fraction of sp³-hybridized carbons (Fsp3) is 0.0667. The fourth-order valence-electron chi connectivity index (χ4n) is 1.73. The van der Waals surface area contributed by atoms with Crippen molar-refractivity contribution < 1.29 is 0 Å². The number of nitrogens with two attached hydrogens (primary N) is 1. The highest BCUT2D eigenvalue weighted by Crippen LogP contribution is 2.17. The van der Waals surface area contributed by atoms with E-state index in [9.17, 15) is 0 Å². The highest BCUT2D eigenvalue weighted by atomic mass is 28.2. The molecule has 0 aliphatic heterocycles. The topological polar surface area (TPSA) is 26.0 Å². The Morgan fingerprint density at radius 1 is 0.882 bits per heavy atom. The third kappa shape index (κ3) is 3.41. The summed E-state index contributed by atoms with van der Waals surface area (Å²) in [6, 6.07) is 18.5. The molecule has 0 bridgehead atoms. The summed E-state index contributed by atoms with van der Waals surface area (Å²) >= 11 is 0. The van der Waals surface area contributed by atoms with Crippen LogP contribution in [0.25, 0.3) is 6.08 Å². The van der Waals surface area contributed by atoms with Crippen molar-refractivity contribution in [3.8, 4) is 0 Å². The van der Waals surface area contributed by atoms with E-state index >= 15 is 0 Å². The zero-order valence-corrected chi connectivity index (χ0v) is 10.6. The summed E-state index contributed by atoms with van der Waals surface area (Å²) in [7, 11) is 0.430. The lowest BCUT2D eigenvalue weighted by atomic mass is 10.1. The molecule has 1 aliphatic rings. The molecule has 0 saturated carbocycles. The molecular formula is C15H15NSi. The van der Waals surface area contributed by atoms with Gasteiger partial charge in [0.1, 0.15) is 0 Å². The number of hydrogen-bond acceptors (Lipinski definition) is 1. The van der Waals surface area contributed by atoms with Gasteiger partial charge in [-0.2, -0.15) is 0 Å². The van der Waals surface area contributed by atoms with Crippen LogP contribution in [0.1, 0.15) is 11.1 Å². The molecule has 0 saturated heterocycles. The van der Waals surface area contributed by atoms with Crippen molar-refractivity contribution in [2.75, 3.05) is 0 Å². The predicted octanol–water partition coefficient (Wildman–Crippen LogP) is 2.15. The lowest BCUT2D eigenvalue weighted by Gasteiger charge is -1.93. The van der Waals surface area contributed by atoms with Crippen molar-refractivity contribution in [1.29, 1.82) is 0 Å². The van der Waals surface area contributed by atoms with Gasteiger partial charge in [-0.05, 0) is 22.7 Å². The fourth-order valence-corrected chi connectivity index (χ4v) is 2.11. The molecule has 2 N–H and O–H groups in total. The van der Waals surface area contributed by atoms with Gasteiger partial charge in [0, 0.05) is 0 Å². The van der Waals surface area contributed by atoms with E-state index in [0.717, 1.165) is 6.42 Å². The Hall–Kier alpha value is -1.64. The summed E-state index contributed by atoms with van der Waals surface area (Å²) < 4.78 is 0. The maximum atomic E-state index is 5.38. The second-order valence-electron chi connectivity index (χ2n) is 3.82. The van der Waals surface area contributed by atoms with Crippen LogP contribution in [0.5, 0.6) is 0 Å². The summed E-state index contributed by atoms with van der Waals surface area (Å²) in [4.78, 5) is 0.